The van der Waals surface area contributed by atoms with Gasteiger partial charge in [-0.3, -0.25) is 9.10 Å². The molecule has 12 heteroatoms. The van der Waals surface area contributed by atoms with Crippen LogP contribution in [0.3, 0.4) is 0 Å². The number of rotatable bonds is 9. The topological polar surface area (TPSA) is 122 Å². The Labute approximate surface area is 221 Å². The molecule has 0 spiro atoms. The number of carbonyl (C=O) groups is 1. The summed E-state index contributed by atoms with van der Waals surface area (Å²) in [5.41, 5.74) is 2.31. The molecule has 1 amide bonds. The van der Waals surface area contributed by atoms with Gasteiger partial charge in [-0.2, -0.15) is 0 Å². The van der Waals surface area contributed by atoms with Crippen LogP contribution in [0.25, 0.3) is 0 Å². The fraction of sp³-hybridized carbons (Fsp3) is 0.240. The number of ether oxygens (including phenoxy) is 1. The molecule has 0 bridgehead atoms. The second-order valence-corrected chi connectivity index (χ2v) is 12.7. The maximum atomic E-state index is 13.2. The van der Waals surface area contributed by atoms with Crippen LogP contribution in [0.2, 0.25) is 5.02 Å². The van der Waals surface area contributed by atoms with Crippen molar-refractivity contribution >= 4 is 48.9 Å². The van der Waals surface area contributed by atoms with Gasteiger partial charge in [-0.15, -0.1) is 0 Å². The van der Waals surface area contributed by atoms with Gasteiger partial charge in [0, 0.05) is 23.7 Å². The van der Waals surface area contributed by atoms with Crippen LogP contribution in [-0.2, 0) is 31.3 Å². The lowest BCUT2D eigenvalue weighted by Crippen LogP contribution is -2.31. The highest BCUT2D eigenvalue weighted by Gasteiger charge is 2.31. The lowest BCUT2D eigenvalue weighted by Gasteiger charge is -2.21. The van der Waals surface area contributed by atoms with Crippen LogP contribution < -0.4 is 19.1 Å². The number of nitrogens with one attached hydrogen (secondary N) is 2. The second kappa shape index (κ2) is 10.7. The van der Waals surface area contributed by atoms with E-state index in [2.05, 4.69) is 10.0 Å². The third-order valence-corrected chi connectivity index (χ3v) is 8.68. The van der Waals surface area contributed by atoms with Gasteiger partial charge in [-0.05, 0) is 66.1 Å². The third-order valence-electron chi connectivity index (χ3n) is 5.89. The molecular weight excluding hydrogens is 538 g/mol. The first-order chi connectivity index (χ1) is 17.5. The van der Waals surface area contributed by atoms with Crippen LogP contribution in [-0.4, -0.2) is 42.7 Å². The molecule has 0 radical (unpaired) electrons. The predicted molar refractivity (Wildman–Crippen MR) is 143 cm³/mol. The van der Waals surface area contributed by atoms with Gasteiger partial charge in [0.2, 0.25) is 15.9 Å². The molecule has 4 rings (SSSR count). The number of methoxy groups -OCH3 is 1. The number of carbonyl (C=O) groups excluding carboxylic acids is 1. The van der Waals surface area contributed by atoms with Gasteiger partial charge in [0.1, 0.15) is 5.75 Å². The molecule has 196 valence electrons. The van der Waals surface area contributed by atoms with E-state index in [-0.39, 0.29) is 17.9 Å². The number of hydrogen-bond donors (Lipinski definition) is 2. The highest BCUT2D eigenvalue weighted by atomic mass is 35.5. The number of sulfonamides is 2. The molecule has 0 unspecified atom stereocenters. The van der Waals surface area contributed by atoms with E-state index in [1.165, 1.54) is 35.7 Å². The molecule has 1 aliphatic rings. The summed E-state index contributed by atoms with van der Waals surface area (Å²) in [4.78, 5) is 13.0. The van der Waals surface area contributed by atoms with Crippen molar-refractivity contribution in [2.75, 3.05) is 29.5 Å². The predicted octanol–water partition coefficient (Wildman–Crippen LogP) is 3.72. The Morgan fingerprint density at radius 2 is 1.70 bits per heavy atom. The number of anilines is 2. The summed E-state index contributed by atoms with van der Waals surface area (Å²) in [5.74, 6) is 0.157. The molecule has 37 heavy (non-hydrogen) atoms. The molecule has 1 aliphatic heterocycles. The number of benzene rings is 3. The first-order valence-corrected chi connectivity index (χ1v) is 15.0. The maximum Gasteiger partial charge on any atom is 0.264 e. The smallest absolute Gasteiger partial charge is 0.264 e. The Hall–Kier alpha value is -3.12. The standard InChI is InChI=1S/C25H26ClN3O6S2/c1-35-21-9-4-17(5-10-21)23(28-36(2,31)32)16-25(30)27-20-8-3-18-13-14-29(24(18)15-20)37(33,34)22-11-6-19(26)7-12-22/h3-12,15,23,28H,13-14,16H2,1-2H3,(H,27,30)/t23-/m1/s1. The second-order valence-electron chi connectivity index (χ2n) is 8.59. The van der Waals surface area contributed by atoms with Crippen LogP contribution in [0.15, 0.2) is 71.6 Å². The minimum absolute atomic E-state index is 0.119. The van der Waals surface area contributed by atoms with Gasteiger partial charge in [0.15, 0.2) is 0 Å². The molecule has 0 aliphatic carbocycles. The van der Waals surface area contributed by atoms with E-state index < -0.39 is 32.0 Å². The molecule has 1 atom stereocenters. The molecule has 3 aromatic rings. The maximum absolute atomic E-state index is 13.2. The Morgan fingerprint density at radius 1 is 1.03 bits per heavy atom. The molecule has 0 aromatic heterocycles. The highest BCUT2D eigenvalue weighted by molar-refractivity contribution is 7.92. The van der Waals surface area contributed by atoms with Gasteiger partial charge >= 0.3 is 0 Å². The summed E-state index contributed by atoms with van der Waals surface area (Å²) >= 11 is 5.90. The Bertz CT molecular complexity index is 1510. The van der Waals surface area contributed by atoms with Crippen LogP contribution in [0.4, 0.5) is 11.4 Å². The quantitative estimate of drug-likeness (QED) is 0.409. The van der Waals surface area contributed by atoms with Gasteiger partial charge in [-0.25, -0.2) is 21.6 Å². The van der Waals surface area contributed by atoms with E-state index >= 15 is 0 Å². The van der Waals surface area contributed by atoms with E-state index in [0.717, 1.165) is 11.8 Å². The zero-order chi connectivity index (χ0) is 26.8. The van der Waals surface area contributed by atoms with Gasteiger partial charge in [-0.1, -0.05) is 29.8 Å². The van der Waals surface area contributed by atoms with Crippen molar-refractivity contribution < 1.29 is 26.4 Å². The first-order valence-electron chi connectivity index (χ1n) is 11.3. The van der Waals surface area contributed by atoms with Crippen LogP contribution in [0, 0.1) is 0 Å². The average Bonchev–Trinajstić information content (AvgIpc) is 3.27. The van der Waals surface area contributed by atoms with Gasteiger partial charge < -0.3 is 10.1 Å². The SMILES string of the molecule is COc1ccc([C@@H](CC(=O)Nc2ccc3c(c2)N(S(=O)(=O)c2ccc(Cl)cc2)CC3)NS(C)(=O)=O)cc1. The first kappa shape index (κ1) is 26.9. The number of hydrogen-bond acceptors (Lipinski definition) is 6. The van der Waals surface area contributed by atoms with E-state index in [4.69, 9.17) is 16.3 Å². The number of fused-ring (bicyclic) bond motifs is 1. The normalized spacial score (nSPS) is 14.2. The van der Waals surface area contributed by atoms with Crippen molar-refractivity contribution in [3.05, 3.63) is 82.9 Å². The Kier molecular flexibility index (Phi) is 7.79. The van der Waals surface area contributed by atoms with Crippen molar-refractivity contribution in [1.82, 2.24) is 4.72 Å². The van der Waals surface area contributed by atoms with E-state index in [1.54, 1.807) is 42.5 Å². The summed E-state index contributed by atoms with van der Waals surface area (Å²) < 4.78 is 59.3. The molecule has 0 saturated carbocycles. The van der Waals surface area contributed by atoms with Crippen molar-refractivity contribution in [2.45, 2.75) is 23.8 Å². The molecule has 9 nitrogen and oxygen atoms in total. The van der Waals surface area contributed by atoms with Crippen molar-refractivity contribution in [3.63, 3.8) is 0 Å². The fourth-order valence-electron chi connectivity index (χ4n) is 4.13. The molecule has 0 fully saturated rings. The van der Waals surface area contributed by atoms with Crippen molar-refractivity contribution in [1.29, 1.82) is 0 Å². The summed E-state index contributed by atoms with van der Waals surface area (Å²) in [6, 6.07) is 17.0. The van der Waals surface area contributed by atoms with Crippen LogP contribution in [0.5, 0.6) is 5.75 Å². The monoisotopic (exact) mass is 563 g/mol. The average molecular weight is 564 g/mol. The summed E-state index contributed by atoms with van der Waals surface area (Å²) in [6.45, 7) is 0.273. The van der Waals surface area contributed by atoms with E-state index in [9.17, 15) is 21.6 Å². The number of nitrogens with zero attached hydrogens (tertiary/aromatic N) is 1. The van der Waals surface area contributed by atoms with Gasteiger partial charge in [0.25, 0.3) is 10.0 Å². The lowest BCUT2D eigenvalue weighted by molar-refractivity contribution is -0.116. The molecule has 3 aromatic carbocycles. The highest BCUT2D eigenvalue weighted by Crippen LogP contribution is 2.35. The zero-order valence-electron chi connectivity index (χ0n) is 20.1. The molecule has 2 N–H and O–H groups in total. The molecule has 0 saturated heterocycles. The van der Waals surface area contributed by atoms with Crippen LogP contribution in [0.1, 0.15) is 23.6 Å². The van der Waals surface area contributed by atoms with E-state index in [1.807, 2.05) is 0 Å². The zero-order valence-corrected chi connectivity index (χ0v) is 22.5. The summed E-state index contributed by atoms with van der Waals surface area (Å²) in [7, 11) is -5.91. The third kappa shape index (κ3) is 6.42. The minimum atomic E-state index is -3.82. The summed E-state index contributed by atoms with van der Waals surface area (Å²) in [5, 5.41) is 3.20. The van der Waals surface area contributed by atoms with Crippen LogP contribution >= 0.6 is 11.6 Å². The Balaban J connectivity index is 1.54. The van der Waals surface area contributed by atoms with Crippen molar-refractivity contribution in [3.8, 4) is 5.75 Å². The lowest BCUT2D eigenvalue weighted by atomic mass is 10.0. The number of halogens is 1. The fourth-order valence-corrected chi connectivity index (χ4v) is 6.49. The van der Waals surface area contributed by atoms with E-state index in [0.29, 0.717) is 34.1 Å². The number of amides is 1. The largest absolute Gasteiger partial charge is 0.497 e. The van der Waals surface area contributed by atoms with Gasteiger partial charge in [0.05, 0.1) is 30.0 Å². The molecular formula is C25H26ClN3O6S2. The minimum Gasteiger partial charge on any atom is -0.497 e. The summed E-state index contributed by atoms with van der Waals surface area (Å²) in [6.07, 6.45) is 1.38. The van der Waals surface area contributed by atoms with Crippen molar-refractivity contribution in [2.24, 2.45) is 0 Å². The Morgan fingerprint density at radius 3 is 2.32 bits per heavy atom. The molecule has 1 heterocycles.